The lowest BCUT2D eigenvalue weighted by molar-refractivity contribution is 0.1000. The number of aryl methyl sites for hydroxylation is 2. The van der Waals surface area contributed by atoms with Gasteiger partial charge in [0.1, 0.15) is 0 Å². The van der Waals surface area contributed by atoms with Crippen LogP contribution in [0.2, 0.25) is 0 Å². The molecule has 20 heavy (non-hydrogen) atoms. The second kappa shape index (κ2) is 4.49. The van der Waals surface area contributed by atoms with Gasteiger partial charge in [-0.25, -0.2) is 0 Å². The van der Waals surface area contributed by atoms with Gasteiger partial charge in [-0.2, -0.15) is 0 Å². The number of amides is 1. The lowest BCUT2D eigenvalue weighted by Gasteiger charge is -2.09. The largest absolute Gasteiger partial charge is 0.366 e. The van der Waals surface area contributed by atoms with Gasteiger partial charge in [-0.05, 0) is 31.5 Å². The quantitative estimate of drug-likeness (QED) is 0.747. The fourth-order valence-corrected chi connectivity index (χ4v) is 2.61. The minimum absolute atomic E-state index is 0.449. The Kier molecular flexibility index (Phi) is 2.79. The number of aromatic amines is 1. The lowest BCUT2D eigenvalue weighted by atomic mass is 10.00. The van der Waals surface area contributed by atoms with E-state index in [1.54, 1.807) is 0 Å². The number of benzene rings is 1. The van der Waals surface area contributed by atoms with Crippen LogP contribution >= 0.6 is 0 Å². The highest BCUT2D eigenvalue weighted by atomic mass is 16.1. The molecule has 100 valence electrons. The molecule has 0 fully saturated rings. The van der Waals surface area contributed by atoms with Crippen molar-refractivity contribution in [3.63, 3.8) is 0 Å². The Bertz CT molecular complexity index is 818. The number of nitrogens with zero attached hydrogens (tertiary/aromatic N) is 1. The number of pyridine rings is 1. The monoisotopic (exact) mass is 265 g/mol. The molecule has 0 atom stereocenters. The zero-order valence-electron chi connectivity index (χ0n) is 11.4. The number of nitrogens with two attached hydrogens (primary N) is 1. The van der Waals surface area contributed by atoms with E-state index in [4.69, 9.17) is 5.73 Å². The number of primary amides is 1. The molecule has 0 aliphatic carbocycles. The van der Waals surface area contributed by atoms with Crippen LogP contribution in [0.3, 0.4) is 0 Å². The zero-order valence-corrected chi connectivity index (χ0v) is 11.4. The number of hydrogen-bond acceptors (Lipinski definition) is 2. The van der Waals surface area contributed by atoms with Gasteiger partial charge < -0.3 is 10.7 Å². The maximum absolute atomic E-state index is 11.8. The highest BCUT2D eigenvalue weighted by Gasteiger charge is 2.18. The van der Waals surface area contributed by atoms with Gasteiger partial charge in [0, 0.05) is 28.4 Å². The van der Waals surface area contributed by atoms with Crippen molar-refractivity contribution in [1.82, 2.24) is 9.97 Å². The van der Waals surface area contributed by atoms with Gasteiger partial charge in [0.05, 0.1) is 11.3 Å². The van der Waals surface area contributed by atoms with Crippen LogP contribution in [0, 0.1) is 13.8 Å². The molecule has 2 heterocycles. The van der Waals surface area contributed by atoms with Crippen molar-refractivity contribution in [2.75, 3.05) is 0 Å². The van der Waals surface area contributed by atoms with E-state index in [1.807, 2.05) is 50.4 Å². The molecule has 1 amide bonds. The predicted molar refractivity (Wildman–Crippen MR) is 79.5 cm³/mol. The molecule has 4 nitrogen and oxygen atoms in total. The molecule has 0 spiro atoms. The normalized spacial score (nSPS) is 10.9. The molecule has 0 saturated carbocycles. The highest BCUT2D eigenvalue weighted by Crippen LogP contribution is 2.31. The van der Waals surface area contributed by atoms with Gasteiger partial charge in [-0.15, -0.1) is 0 Å². The molecule has 0 bridgehead atoms. The summed E-state index contributed by atoms with van der Waals surface area (Å²) in [7, 11) is 0. The van der Waals surface area contributed by atoms with Gasteiger partial charge in [-0.1, -0.05) is 18.2 Å². The van der Waals surface area contributed by atoms with Crippen molar-refractivity contribution < 1.29 is 4.79 Å². The Morgan fingerprint density at radius 2 is 2.00 bits per heavy atom. The summed E-state index contributed by atoms with van der Waals surface area (Å²) in [5, 5.41) is 1.03. The van der Waals surface area contributed by atoms with Crippen molar-refractivity contribution >= 4 is 16.8 Å². The maximum Gasteiger partial charge on any atom is 0.251 e. The molecule has 3 N–H and O–H groups in total. The first kappa shape index (κ1) is 12.4. The van der Waals surface area contributed by atoms with E-state index in [0.717, 1.165) is 27.7 Å². The van der Waals surface area contributed by atoms with Crippen LogP contribution in [0.25, 0.3) is 22.2 Å². The molecule has 0 unspecified atom stereocenters. The number of nitrogens with one attached hydrogen (secondary N) is 1. The first-order chi connectivity index (χ1) is 9.58. The Morgan fingerprint density at radius 1 is 1.25 bits per heavy atom. The van der Waals surface area contributed by atoms with Gasteiger partial charge in [0.15, 0.2) is 0 Å². The summed E-state index contributed by atoms with van der Waals surface area (Å²) in [6.45, 7) is 3.79. The van der Waals surface area contributed by atoms with Gasteiger partial charge in [-0.3, -0.25) is 9.78 Å². The first-order valence-corrected chi connectivity index (χ1v) is 6.42. The molecule has 3 rings (SSSR count). The topological polar surface area (TPSA) is 71.8 Å². The van der Waals surface area contributed by atoms with Crippen LogP contribution in [0.1, 0.15) is 21.6 Å². The summed E-state index contributed by atoms with van der Waals surface area (Å²) in [4.78, 5) is 19.5. The van der Waals surface area contributed by atoms with E-state index in [2.05, 4.69) is 9.97 Å². The summed E-state index contributed by atoms with van der Waals surface area (Å²) in [5.74, 6) is -0.449. The van der Waals surface area contributed by atoms with Crippen LogP contribution in [0.5, 0.6) is 0 Å². The van der Waals surface area contributed by atoms with Gasteiger partial charge in [0.25, 0.3) is 5.91 Å². The summed E-state index contributed by atoms with van der Waals surface area (Å²) in [6.07, 6.45) is 1.87. The number of fused-ring (bicyclic) bond motifs is 1. The summed E-state index contributed by atoms with van der Waals surface area (Å²) < 4.78 is 0. The Hall–Kier alpha value is -2.62. The third-order valence-electron chi connectivity index (χ3n) is 3.44. The molecule has 1 aromatic carbocycles. The lowest BCUT2D eigenvalue weighted by Crippen LogP contribution is -2.15. The van der Waals surface area contributed by atoms with Gasteiger partial charge >= 0.3 is 0 Å². The smallest absolute Gasteiger partial charge is 0.251 e. The fraction of sp³-hybridized carbons (Fsp3) is 0.125. The number of aromatic nitrogens is 2. The SMILES string of the molecule is Cc1cc(C)c(C(N)=O)c(-c2c[nH]c3ccccc23)n1. The Labute approximate surface area is 116 Å². The van der Waals surface area contributed by atoms with Crippen molar-refractivity contribution in [3.05, 3.63) is 53.3 Å². The van der Waals surface area contributed by atoms with E-state index in [1.165, 1.54) is 0 Å². The van der Waals surface area contributed by atoms with E-state index in [0.29, 0.717) is 11.3 Å². The van der Waals surface area contributed by atoms with E-state index in [-0.39, 0.29) is 0 Å². The van der Waals surface area contributed by atoms with E-state index >= 15 is 0 Å². The van der Waals surface area contributed by atoms with Crippen LogP contribution < -0.4 is 5.73 Å². The summed E-state index contributed by atoms with van der Waals surface area (Å²) >= 11 is 0. The molecule has 0 saturated heterocycles. The van der Waals surface area contributed by atoms with Crippen molar-refractivity contribution in [2.45, 2.75) is 13.8 Å². The molecule has 0 aliphatic heterocycles. The molecule has 3 aromatic rings. The molecular formula is C16H15N3O. The number of para-hydroxylation sites is 1. The van der Waals surface area contributed by atoms with Crippen molar-refractivity contribution in [1.29, 1.82) is 0 Å². The second-order valence-electron chi connectivity index (χ2n) is 4.92. The number of carbonyl (C=O) groups is 1. The van der Waals surface area contributed by atoms with Crippen LogP contribution in [0.15, 0.2) is 36.5 Å². The van der Waals surface area contributed by atoms with Crippen molar-refractivity contribution in [3.8, 4) is 11.3 Å². The Morgan fingerprint density at radius 3 is 2.75 bits per heavy atom. The maximum atomic E-state index is 11.8. The van der Waals surface area contributed by atoms with E-state index in [9.17, 15) is 4.79 Å². The third-order valence-corrected chi connectivity index (χ3v) is 3.44. The number of carbonyl (C=O) groups excluding carboxylic acids is 1. The number of H-pyrrole nitrogens is 1. The number of hydrogen-bond donors (Lipinski definition) is 2. The van der Waals surface area contributed by atoms with Gasteiger partial charge in [0.2, 0.25) is 0 Å². The average molecular weight is 265 g/mol. The number of rotatable bonds is 2. The molecule has 4 heteroatoms. The van der Waals surface area contributed by atoms with Crippen LogP contribution in [0.4, 0.5) is 0 Å². The zero-order chi connectivity index (χ0) is 14.3. The third kappa shape index (κ3) is 1.86. The standard InChI is InChI=1S/C16H15N3O/c1-9-7-10(2)19-15(14(9)16(17)20)12-8-18-13-6-4-3-5-11(12)13/h3-8,18H,1-2H3,(H2,17,20). The summed E-state index contributed by atoms with van der Waals surface area (Å²) in [6, 6.07) is 9.80. The molecule has 0 aliphatic rings. The van der Waals surface area contributed by atoms with Crippen molar-refractivity contribution in [2.24, 2.45) is 5.73 Å². The summed E-state index contributed by atoms with van der Waals surface area (Å²) in [5.41, 5.74) is 10.3. The minimum atomic E-state index is -0.449. The van der Waals surface area contributed by atoms with Crippen LogP contribution in [-0.2, 0) is 0 Å². The fourth-order valence-electron chi connectivity index (χ4n) is 2.61. The molecule has 2 aromatic heterocycles. The Balaban J connectivity index is 2.37. The minimum Gasteiger partial charge on any atom is -0.366 e. The van der Waals surface area contributed by atoms with E-state index < -0.39 is 5.91 Å². The average Bonchev–Trinajstić information content (AvgIpc) is 2.80. The van der Waals surface area contributed by atoms with Crippen LogP contribution in [-0.4, -0.2) is 15.9 Å². The highest BCUT2D eigenvalue weighted by molar-refractivity contribution is 6.04. The first-order valence-electron chi connectivity index (χ1n) is 6.42. The predicted octanol–water partition coefficient (Wildman–Crippen LogP) is 2.95. The second-order valence-corrected chi connectivity index (χ2v) is 4.92. The molecule has 0 radical (unpaired) electrons. The molecular weight excluding hydrogens is 250 g/mol.